The third-order valence-electron chi connectivity index (χ3n) is 4.18. The third-order valence-corrected chi connectivity index (χ3v) is 4.18. The summed E-state index contributed by atoms with van der Waals surface area (Å²) >= 11 is 0. The summed E-state index contributed by atoms with van der Waals surface area (Å²) in [6, 6.07) is 4.33. The van der Waals surface area contributed by atoms with Crippen LogP contribution < -0.4 is 11.1 Å². The van der Waals surface area contributed by atoms with Gasteiger partial charge >= 0.3 is 0 Å². The fraction of sp³-hybridized carbons (Fsp3) is 0.600. The van der Waals surface area contributed by atoms with E-state index in [9.17, 15) is 0 Å². The molecular weight excluding hydrogens is 252 g/mol. The van der Waals surface area contributed by atoms with Crippen LogP contribution in [-0.4, -0.2) is 22.1 Å². The minimum Gasteiger partial charge on any atom is -0.409 e. The molecule has 1 fully saturated rings. The number of amidine groups is 1. The SMILES string of the molecule is CC(NCc1ccnc(C(N)=NO)c1)C1CCCCC1. The molecule has 0 radical (unpaired) electrons. The lowest BCUT2D eigenvalue weighted by molar-refractivity contribution is 0.280. The summed E-state index contributed by atoms with van der Waals surface area (Å²) in [6.07, 6.45) is 8.46. The monoisotopic (exact) mass is 276 g/mol. The molecule has 0 saturated heterocycles. The Kier molecular flexibility index (Phi) is 5.35. The van der Waals surface area contributed by atoms with Crippen LogP contribution in [0, 0.1) is 5.92 Å². The van der Waals surface area contributed by atoms with Crippen LogP contribution in [0.15, 0.2) is 23.5 Å². The van der Waals surface area contributed by atoms with Crippen molar-refractivity contribution < 1.29 is 5.21 Å². The van der Waals surface area contributed by atoms with Crippen LogP contribution in [0.25, 0.3) is 0 Å². The van der Waals surface area contributed by atoms with Gasteiger partial charge in [0, 0.05) is 18.8 Å². The van der Waals surface area contributed by atoms with Crippen molar-refractivity contribution in [3.63, 3.8) is 0 Å². The van der Waals surface area contributed by atoms with E-state index >= 15 is 0 Å². The van der Waals surface area contributed by atoms with Gasteiger partial charge in [0.05, 0.1) is 0 Å². The summed E-state index contributed by atoms with van der Waals surface area (Å²) in [5.41, 5.74) is 7.17. The highest BCUT2D eigenvalue weighted by Gasteiger charge is 2.19. The molecule has 1 aliphatic carbocycles. The molecule has 0 bridgehead atoms. The fourth-order valence-electron chi connectivity index (χ4n) is 2.86. The van der Waals surface area contributed by atoms with Gasteiger partial charge in [-0.2, -0.15) is 0 Å². The zero-order chi connectivity index (χ0) is 14.4. The van der Waals surface area contributed by atoms with E-state index < -0.39 is 0 Å². The number of pyridine rings is 1. The van der Waals surface area contributed by atoms with Crippen LogP contribution in [0.2, 0.25) is 0 Å². The van der Waals surface area contributed by atoms with Crippen LogP contribution >= 0.6 is 0 Å². The zero-order valence-corrected chi connectivity index (χ0v) is 12.0. The third kappa shape index (κ3) is 3.93. The highest BCUT2D eigenvalue weighted by atomic mass is 16.4. The molecule has 1 unspecified atom stereocenters. The van der Waals surface area contributed by atoms with Crippen molar-refractivity contribution in [2.75, 3.05) is 0 Å². The molecule has 4 N–H and O–H groups in total. The zero-order valence-electron chi connectivity index (χ0n) is 12.0. The lowest BCUT2D eigenvalue weighted by Crippen LogP contribution is -2.34. The lowest BCUT2D eigenvalue weighted by Gasteiger charge is -2.28. The molecule has 5 heteroatoms. The number of hydrogen-bond acceptors (Lipinski definition) is 4. The number of oxime groups is 1. The number of hydrogen-bond donors (Lipinski definition) is 3. The smallest absolute Gasteiger partial charge is 0.188 e. The van der Waals surface area contributed by atoms with E-state index in [0.717, 1.165) is 18.0 Å². The van der Waals surface area contributed by atoms with Crippen molar-refractivity contribution in [1.82, 2.24) is 10.3 Å². The molecule has 0 aromatic carbocycles. The molecule has 1 aliphatic rings. The van der Waals surface area contributed by atoms with Crippen LogP contribution in [0.1, 0.15) is 50.3 Å². The first kappa shape index (κ1) is 14.8. The largest absolute Gasteiger partial charge is 0.409 e. The second-order valence-corrected chi connectivity index (χ2v) is 5.60. The van der Waals surface area contributed by atoms with E-state index in [0.29, 0.717) is 11.7 Å². The average Bonchev–Trinajstić information content (AvgIpc) is 2.53. The Morgan fingerprint density at radius 3 is 2.95 bits per heavy atom. The second kappa shape index (κ2) is 7.24. The Hall–Kier alpha value is -1.62. The van der Waals surface area contributed by atoms with E-state index in [4.69, 9.17) is 10.9 Å². The Morgan fingerprint density at radius 2 is 2.25 bits per heavy atom. The summed E-state index contributed by atoms with van der Waals surface area (Å²) in [4.78, 5) is 4.08. The molecule has 1 aromatic heterocycles. The van der Waals surface area contributed by atoms with E-state index in [1.54, 1.807) is 6.20 Å². The molecule has 2 rings (SSSR count). The molecule has 5 nitrogen and oxygen atoms in total. The summed E-state index contributed by atoms with van der Waals surface area (Å²) < 4.78 is 0. The average molecular weight is 276 g/mol. The molecule has 1 heterocycles. The Bertz CT molecular complexity index is 455. The first-order valence-electron chi connectivity index (χ1n) is 7.37. The van der Waals surface area contributed by atoms with E-state index in [-0.39, 0.29) is 5.84 Å². The minimum atomic E-state index is 0.0483. The number of nitrogens with zero attached hydrogens (tertiary/aromatic N) is 2. The van der Waals surface area contributed by atoms with E-state index in [2.05, 4.69) is 22.4 Å². The number of aromatic nitrogens is 1. The Balaban J connectivity index is 1.90. The number of nitrogens with two attached hydrogens (primary N) is 1. The summed E-state index contributed by atoms with van der Waals surface area (Å²) in [7, 11) is 0. The molecule has 20 heavy (non-hydrogen) atoms. The van der Waals surface area contributed by atoms with Gasteiger partial charge in [-0.1, -0.05) is 24.4 Å². The summed E-state index contributed by atoms with van der Waals surface area (Å²) in [5, 5.41) is 15.2. The Labute approximate surface area is 120 Å². The van der Waals surface area contributed by atoms with Gasteiger partial charge in [0.15, 0.2) is 5.84 Å². The molecule has 1 saturated carbocycles. The predicted octanol–water partition coefficient (Wildman–Crippen LogP) is 2.23. The topological polar surface area (TPSA) is 83.5 Å². The number of rotatable bonds is 5. The maximum absolute atomic E-state index is 8.67. The van der Waals surface area contributed by atoms with Crippen LogP contribution in [0.3, 0.4) is 0 Å². The first-order valence-corrected chi connectivity index (χ1v) is 7.37. The number of nitrogens with one attached hydrogen (secondary N) is 1. The van der Waals surface area contributed by atoms with E-state index in [1.165, 1.54) is 32.1 Å². The molecule has 0 amide bonds. The quantitative estimate of drug-likeness (QED) is 0.333. The van der Waals surface area contributed by atoms with Crippen molar-refractivity contribution in [2.45, 2.75) is 51.6 Å². The van der Waals surface area contributed by atoms with Crippen LogP contribution in [0.5, 0.6) is 0 Å². The first-order chi connectivity index (χ1) is 9.70. The standard InChI is InChI=1S/C15H24N4O/c1-11(13-5-3-2-4-6-13)18-10-12-7-8-17-14(9-12)15(16)19-20/h7-9,11,13,18,20H,2-6,10H2,1H3,(H2,16,19). The van der Waals surface area contributed by atoms with Gasteiger partial charge < -0.3 is 16.3 Å². The Morgan fingerprint density at radius 1 is 1.50 bits per heavy atom. The van der Waals surface area contributed by atoms with Crippen LogP contribution in [-0.2, 0) is 6.54 Å². The second-order valence-electron chi connectivity index (χ2n) is 5.60. The highest BCUT2D eigenvalue weighted by molar-refractivity contribution is 5.95. The molecule has 0 spiro atoms. The van der Waals surface area contributed by atoms with Gasteiger partial charge in [-0.05, 0) is 43.4 Å². The molecule has 0 aliphatic heterocycles. The van der Waals surface area contributed by atoms with Gasteiger partial charge in [-0.15, -0.1) is 0 Å². The van der Waals surface area contributed by atoms with Crippen molar-refractivity contribution in [2.24, 2.45) is 16.8 Å². The highest BCUT2D eigenvalue weighted by Crippen LogP contribution is 2.26. The van der Waals surface area contributed by atoms with Crippen LogP contribution in [0.4, 0.5) is 0 Å². The molecular formula is C15H24N4O. The van der Waals surface area contributed by atoms with Gasteiger partial charge in [0.2, 0.25) is 0 Å². The lowest BCUT2D eigenvalue weighted by atomic mass is 9.84. The molecule has 1 aromatic rings. The van der Waals surface area contributed by atoms with Gasteiger partial charge in [-0.3, -0.25) is 4.98 Å². The van der Waals surface area contributed by atoms with Gasteiger partial charge in [-0.25, -0.2) is 0 Å². The maximum Gasteiger partial charge on any atom is 0.188 e. The predicted molar refractivity (Wildman–Crippen MR) is 79.6 cm³/mol. The van der Waals surface area contributed by atoms with Crippen molar-refractivity contribution in [3.8, 4) is 0 Å². The fourth-order valence-corrected chi connectivity index (χ4v) is 2.86. The van der Waals surface area contributed by atoms with E-state index in [1.807, 2.05) is 12.1 Å². The molecule has 110 valence electrons. The van der Waals surface area contributed by atoms with Gasteiger partial charge in [0.25, 0.3) is 0 Å². The maximum atomic E-state index is 8.67. The summed E-state index contributed by atoms with van der Waals surface area (Å²) in [6.45, 7) is 3.05. The molecule has 1 atom stereocenters. The normalized spacial score (nSPS) is 18.9. The minimum absolute atomic E-state index is 0.0483. The summed E-state index contributed by atoms with van der Waals surface area (Å²) in [5.74, 6) is 0.835. The van der Waals surface area contributed by atoms with Crippen molar-refractivity contribution in [3.05, 3.63) is 29.6 Å². The van der Waals surface area contributed by atoms with Crippen molar-refractivity contribution in [1.29, 1.82) is 0 Å². The van der Waals surface area contributed by atoms with Gasteiger partial charge in [0.1, 0.15) is 5.69 Å². The van der Waals surface area contributed by atoms with Crippen molar-refractivity contribution >= 4 is 5.84 Å².